The third-order valence-electron chi connectivity index (χ3n) is 3.64. The zero-order valence-electron chi connectivity index (χ0n) is 13.1. The fourth-order valence-electron chi connectivity index (χ4n) is 2.44. The van der Waals surface area contributed by atoms with Gasteiger partial charge in [-0.3, -0.25) is 9.89 Å². The number of nitrogens with zero attached hydrogens (tertiary/aromatic N) is 2. The molecule has 0 fully saturated rings. The zero-order valence-corrected chi connectivity index (χ0v) is 13.1. The summed E-state index contributed by atoms with van der Waals surface area (Å²) in [7, 11) is 0. The van der Waals surface area contributed by atoms with Crippen LogP contribution in [-0.2, 0) is 11.2 Å². The molecule has 1 atom stereocenters. The van der Waals surface area contributed by atoms with Crippen molar-refractivity contribution in [1.29, 1.82) is 0 Å². The number of rotatable bonds is 6. The number of hydrogen-bond donors (Lipinski definition) is 3. The number of nitrogens with one attached hydrogen (secondary N) is 2. The Bertz CT molecular complexity index is 841. The van der Waals surface area contributed by atoms with Crippen LogP contribution in [0.3, 0.4) is 0 Å². The van der Waals surface area contributed by atoms with E-state index >= 15 is 0 Å². The molecule has 2 aromatic heterocycles. The standard InChI is InChI=1S/C18H19N5O/c19-14(11-13-5-2-1-3-6-13)12-21-17(24)9-8-16-15-7-4-10-20-18(15)23-22-16/h1-10,14H,11-12,19H2,(H,21,24)(H,20,22,23)/b9-8+/t14-/m1/s1. The molecule has 3 rings (SSSR count). The summed E-state index contributed by atoms with van der Waals surface area (Å²) < 4.78 is 0. The minimum atomic E-state index is -0.190. The van der Waals surface area contributed by atoms with Crippen molar-refractivity contribution >= 4 is 23.0 Å². The Morgan fingerprint density at radius 1 is 1.25 bits per heavy atom. The molecule has 3 aromatic rings. The Labute approximate surface area is 139 Å². The predicted molar refractivity (Wildman–Crippen MR) is 94.1 cm³/mol. The van der Waals surface area contributed by atoms with E-state index in [2.05, 4.69) is 20.5 Å². The Morgan fingerprint density at radius 2 is 2.08 bits per heavy atom. The fourth-order valence-corrected chi connectivity index (χ4v) is 2.44. The molecule has 1 aromatic carbocycles. The molecule has 0 radical (unpaired) electrons. The third-order valence-corrected chi connectivity index (χ3v) is 3.64. The number of benzene rings is 1. The SMILES string of the molecule is N[C@@H](CNC(=O)/C=C/c1[nH]nc2ncccc12)Cc1ccccc1. The maximum Gasteiger partial charge on any atom is 0.244 e. The van der Waals surface area contributed by atoms with Crippen LogP contribution in [0.15, 0.2) is 54.7 Å². The molecule has 6 nitrogen and oxygen atoms in total. The number of pyridine rings is 1. The van der Waals surface area contributed by atoms with Crippen molar-refractivity contribution in [2.45, 2.75) is 12.5 Å². The lowest BCUT2D eigenvalue weighted by atomic mass is 10.1. The number of hydrogen-bond acceptors (Lipinski definition) is 4. The van der Waals surface area contributed by atoms with Crippen LogP contribution in [0.2, 0.25) is 0 Å². The Hall–Kier alpha value is -2.99. The van der Waals surface area contributed by atoms with Crippen molar-refractivity contribution in [3.8, 4) is 0 Å². The first-order chi connectivity index (χ1) is 11.7. The van der Waals surface area contributed by atoms with Gasteiger partial charge >= 0.3 is 0 Å². The molecule has 0 spiro atoms. The fraction of sp³-hybridized carbons (Fsp3) is 0.167. The highest BCUT2D eigenvalue weighted by Gasteiger charge is 2.06. The quantitative estimate of drug-likeness (QED) is 0.602. The van der Waals surface area contributed by atoms with E-state index < -0.39 is 0 Å². The summed E-state index contributed by atoms with van der Waals surface area (Å²) in [6.45, 7) is 0.420. The second-order valence-electron chi connectivity index (χ2n) is 5.54. The van der Waals surface area contributed by atoms with Crippen molar-refractivity contribution < 1.29 is 4.79 Å². The topological polar surface area (TPSA) is 96.7 Å². The van der Waals surface area contributed by atoms with E-state index in [1.54, 1.807) is 12.3 Å². The zero-order chi connectivity index (χ0) is 16.8. The molecular weight excluding hydrogens is 302 g/mol. The van der Waals surface area contributed by atoms with Gasteiger partial charge in [0.2, 0.25) is 5.91 Å². The van der Waals surface area contributed by atoms with Gasteiger partial charge in [0.25, 0.3) is 0 Å². The van der Waals surface area contributed by atoms with Gasteiger partial charge in [-0.05, 0) is 30.2 Å². The lowest BCUT2D eigenvalue weighted by Gasteiger charge is -2.11. The van der Waals surface area contributed by atoms with Gasteiger partial charge in [-0.2, -0.15) is 5.10 Å². The number of nitrogens with two attached hydrogens (primary N) is 1. The molecule has 122 valence electrons. The smallest absolute Gasteiger partial charge is 0.244 e. The third kappa shape index (κ3) is 4.05. The minimum Gasteiger partial charge on any atom is -0.351 e. The Balaban J connectivity index is 1.52. The number of fused-ring (bicyclic) bond motifs is 1. The maximum absolute atomic E-state index is 11.9. The van der Waals surface area contributed by atoms with E-state index in [1.165, 1.54) is 6.08 Å². The molecule has 0 saturated carbocycles. The molecule has 24 heavy (non-hydrogen) atoms. The molecule has 2 heterocycles. The molecule has 0 saturated heterocycles. The molecule has 0 bridgehead atoms. The highest BCUT2D eigenvalue weighted by Crippen LogP contribution is 2.13. The van der Waals surface area contributed by atoms with Gasteiger partial charge in [0.05, 0.1) is 5.69 Å². The Kier molecular flexibility index (Phi) is 4.98. The number of aromatic amines is 1. The maximum atomic E-state index is 11.9. The summed E-state index contributed by atoms with van der Waals surface area (Å²) in [6.07, 6.45) is 5.56. The summed E-state index contributed by atoms with van der Waals surface area (Å²) in [4.78, 5) is 16.1. The van der Waals surface area contributed by atoms with Crippen molar-refractivity contribution in [3.05, 3.63) is 66.0 Å². The average molecular weight is 321 g/mol. The molecular formula is C18H19N5O. The van der Waals surface area contributed by atoms with Crippen molar-refractivity contribution in [3.63, 3.8) is 0 Å². The summed E-state index contributed by atoms with van der Waals surface area (Å²) in [5.41, 5.74) is 8.59. The first kappa shape index (κ1) is 15.9. The molecule has 0 aliphatic heterocycles. The van der Waals surface area contributed by atoms with E-state index in [-0.39, 0.29) is 11.9 Å². The van der Waals surface area contributed by atoms with E-state index in [1.807, 2.05) is 42.5 Å². The van der Waals surface area contributed by atoms with Gasteiger partial charge in [0.1, 0.15) is 0 Å². The largest absolute Gasteiger partial charge is 0.351 e. The van der Waals surface area contributed by atoms with E-state index in [4.69, 9.17) is 5.73 Å². The van der Waals surface area contributed by atoms with Gasteiger partial charge in [-0.1, -0.05) is 30.3 Å². The number of carbonyl (C=O) groups is 1. The lowest BCUT2D eigenvalue weighted by Crippen LogP contribution is -2.37. The van der Waals surface area contributed by atoms with Gasteiger partial charge in [0, 0.05) is 30.2 Å². The number of carbonyl (C=O) groups excluding carboxylic acids is 1. The van der Waals surface area contributed by atoms with Crippen LogP contribution in [0.25, 0.3) is 17.1 Å². The molecule has 0 aliphatic carbocycles. The van der Waals surface area contributed by atoms with Gasteiger partial charge < -0.3 is 11.1 Å². The van der Waals surface area contributed by atoms with Crippen LogP contribution in [0.1, 0.15) is 11.3 Å². The van der Waals surface area contributed by atoms with Crippen LogP contribution in [0, 0.1) is 0 Å². The number of aromatic nitrogens is 3. The summed E-state index contributed by atoms with van der Waals surface area (Å²) in [5.74, 6) is -0.190. The highest BCUT2D eigenvalue weighted by molar-refractivity contribution is 5.94. The van der Waals surface area contributed by atoms with E-state index in [0.717, 1.165) is 23.1 Å². The molecule has 6 heteroatoms. The minimum absolute atomic E-state index is 0.123. The van der Waals surface area contributed by atoms with Crippen LogP contribution in [0.5, 0.6) is 0 Å². The summed E-state index contributed by atoms with van der Waals surface area (Å²) >= 11 is 0. The van der Waals surface area contributed by atoms with Crippen LogP contribution in [-0.4, -0.2) is 33.7 Å². The molecule has 0 aliphatic rings. The first-order valence-corrected chi connectivity index (χ1v) is 7.77. The molecule has 1 amide bonds. The average Bonchev–Trinajstić information content (AvgIpc) is 3.02. The lowest BCUT2D eigenvalue weighted by molar-refractivity contribution is -0.116. The van der Waals surface area contributed by atoms with E-state index in [9.17, 15) is 4.79 Å². The van der Waals surface area contributed by atoms with Gasteiger partial charge in [-0.25, -0.2) is 4.98 Å². The van der Waals surface area contributed by atoms with Crippen LogP contribution < -0.4 is 11.1 Å². The monoisotopic (exact) mass is 321 g/mol. The number of H-pyrrole nitrogens is 1. The van der Waals surface area contributed by atoms with Crippen LogP contribution >= 0.6 is 0 Å². The van der Waals surface area contributed by atoms with E-state index in [0.29, 0.717) is 12.2 Å². The molecule has 0 unspecified atom stereocenters. The molecule has 4 N–H and O–H groups in total. The second-order valence-corrected chi connectivity index (χ2v) is 5.54. The summed E-state index contributed by atoms with van der Waals surface area (Å²) in [5, 5.41) is 10.6. The number of amides is 1. The van der Waals surface area contributed by atoms with Gasteiger partial charge in [-0.15, -0.1) is 0 Å². The Morgan fingerprint density at radius 3 is 2.92 bits per heavy atom. The van der Waals surface area contributed by atoms with Crippen LogP contribution in [0.4, 0.5) is 0 Å². The predicted octanol–water partition coefficient (Wildman–Crippen LogP) is 1.66. The van der Waals surface area contributed by atoms with Crippen molar-refractivity contribution in [2.24, 2.45) is 5.73 Å². The second kappa shape index (κ2) is 7.52. The normalized spacial score (nSPS) is 12.5. The van der Waals surface area contributed by atoms with Crippen molar-refractivity contribution in [2.75, 3.05) is 6.54 Å². The van der Waals surface area contributed by atoms with Crippen molar-refractivity contribution in [1.82, 2.24) is 20.5 Å². The summed E-state index contributed by atoms with van der Waals surface area (Å²) in [6, 6.07) is 13.6. The first-order valence-electron chi connectivity index (χ1n) is 7.77. The highest BCUT2D eigenvalue weighted by atomic mass is 16.1. The van der Waals surface area contributed by atoms with Gasteiger partial charge in [0.15, 0.2) is 5.65 Å².